The minimum absolute atomic E-state index is 0.784. The van der Waals surface area contributed by atoms with Crippen molar-refractivity contribution in [1.82, 2.24) is 19.7 Å². The second-order valence-electron chi connectivity index (χ2n) is 4.01. The van der Waals surface area contributed by atoms with Crippen molar-refractivity contribution in [3.8, 4) is 17.1 Å². The molecule has 88 valence electrons. The first kappa shape index (κ1) is 10.7. The number of hydrogen-bond donors (Lipinski definition) is 0. The first-order chi connectivity index (χ1) is 8.84. The Morgan fingerprint density at radius 2 is 1.83 bits per heavy atom. The third-order valence-electron chi connectivity index (χ3n) is 2.72. The summed E-state index contributed by atoms with van der Waals surface area (Å²) in [5.74, 6) is 0.784. The van der Waals surface area contributed by atoms with E-state index in [1.54, 1.807) is 12.5 Å². The maximum atomic E-state index is 4.33. The van der Waals surface area contributed by atoms with E-state index in [0.29, 0.717) is 0 Å². The van der Waals surface area contributed by atoms with E-state index in [1.807, 2.05) is 41.9 Å². The van der Waals surface area contributed by atoms with Crippen molar-refractivity contribution >= 4 is 0 Å². The first-order valence-electron chi connectivity index (χ1n) is 5.73. The van der Waals surface area contributed by atoms with Crippen molar-refractivity contribution in [2.24, 2.45) is 0 Å². The van der Waals surface area contributed by atoms with E-state index in [0.717, 1.165) is 22.8 Å². The Balaban J connectivity index is 2.13. The minimum atomic E-state index is 0.784. The summed E-state index contributed by atoms with van der Waals surface area (Å²) in [4.78, 5) is 8.36. The highest BCUT2D eigenvalue weighted by Crippen LogP contribution is 2.20. The van der Waals surface area contributed by atoms with Gasteiger partial charge in [-0.3, -0.25) is 0 Å². The van der Waals surface area contributed by atoms with E-state index in [1.165, 1.54) is 0 Å². The molecule has 2 aromatic heterocycles. The highest BCUT2D eigenvalue weighted by molar-refractivity contribution is 5.60. The lowest BCUT2D eigenvalue weighted by Gasteiger charge is -2.06. The van der Waals surface area contributed by atoms with Gasteiger partial charge in [0, 0.05) is 17.3 Å². The molecule has 2 heterocycles. The van der Waals surface area contributed by atoms with Crippen LogP contribution in [0.3, 0.4) is 0 Å². The van der Waals surface area contributed by atoms with Crippen LogP contribution in [0.2, 0.25) is 0 Å². The predicted molar refractivity (Wildman–Crippen MR) is 69.3 cm³/mol. The number of aromatic nitrogens is 4. The average Bonchev–Trinajstić information content (AvgIpc) is 2.89. The fraction of sp³-hybridized carbons (Fsp3) is 0.0714. The highest BCUT2D eigenvalue weighted by atomic mass is 15.3. The molecule has 0 atom stereocenters. The van der Waals surface area contributed by atoms with Gasteiger partial charge in [0.25, 0.3) is 0 Å². The SMILES string of the molecule is Cc1cc(-n2nccc2-c2ccccc2)ncn1. The number of rotatable bonds is 2. The lowest BCUT2D eigenvalue weighted by molar-refractivity contribution is 0.841. The molecule has 0 amide bonds. The van der Waals surface area contributed by atoms with E-state index >= 15 is 0 Å². The number of benzene rings is 1. The molecule has 4 heteroatoms. The lowest BCUT2D eigenvalue weighted by Crippen LogP contribution is -2.02. The van der Waals surface area contributed by atoms with Crippen LogP contribution in [0.25, 0.3) is 17.1 Å². The van der Waals surface area contributed by atoms with Gasteiger partial charge in [-0.2, -0.15) is 5.10 Å². The monoisotopic (exact) mass is 236 g/mol. The molecule has 3 aromatic rings. The smallest absolute Gasteiger partial charge is 0.157 e. The molecular weight excluding hydrogens is 224 g/mol. The molecule has 3 rings (SSSR count). The highest BCUT2D eigenvalue weighted by Gasteiger charge is 2.07. The summed E-state index contributed by atoms with van der Waals surface area (Å²) in [6.45, 7) is 1.94. The normalized spacial score (nSPS) is 10.5. The largest absolute Gasteiger partial charge is 0.242 e. The molecule has 0 bridgehead atoms. The van der Waals surface area contributed by atoms with Crippen LogP contribution in [0.5, 0.6) is 0 Å². The molecule has 0 saturated carbocycles. The Morgan fingerprint density at radius 1 is 1.00 bits per heavy atom. The third kappa shape index (κ3) is 1.88. The van der Waals surface area contributed by atoms with E-state index in [9.17, 15) is 0 Å². The van der Waals surface area contributed by atoms with Crippen LogP contribution in [0, 0.1) is 6.92 Å². The Hall–Kier alpha value is -2.49. The lowest BCUT2D eigenvalue weighted by atomic mass is 10.1. The van der Waals surface area contributed by atoms with Gasteiger partial charge in [0.1, 0.15) is 6.33 Å². The molecule has 0 aliphatic heterocycles. The zero-order chi connectivity index (χ0) is 12.4. The van der Waals surface area contributed by atoms with Crippen molar-refractivity contribution in [3.63, 3.8) is 0 Å². The molecule has 4 nitrogen and oxygen atoms in total. The molecule has 0 radical (unpaired) electrons. The maximum Gasteiger partial charge on any atom is 0.157 e. The minimum Gasteiger partial charge on any atom is -0.242 e. The molecule has 0 N–H and O–H groups in total. The van der Waals surface area contributed by atoms with Crippen molar-refractivity contribution < 1.29 is 0 Å². The van der Waals surface area contributed by atoms with Crippen molar-refractivity contribution in [2.45, 2.75) is 6.92 Å². The van der Waals surface area contributed by atoms with Crippen LogP contribution in [0.1, 0.15) is 5.69 Å². The van der Waals surface area contributed by atoms with Crippen molar-refractivity contribution in [1.29, 1.82) is 0 Å². The number of nitrogens with zero attached hydrogens (tertiary/aromatic N) is 4. The quantitative estimate of drug-likeness (QED) is 0.687. The average molecular weight is 236 g/mol. The second kappa shape index (κ2) is 4.41. The predicted octanol–water partition coefficient (Wildman–Crippen LogP) is 2.64. The fourth-order valence-corrected chi connectivity index (χ4v) is 1.87. The molecular formula is C14H12N4. The van der Waals surface area contributed by atoms with Crippen LogP contribution < -0.4 is 0 Å². The van der Waals surface area contributed by atoms with Crippen molar-refractivity contribution in [3.05, 3.63) is 60.7 Å². The van der Waals surface area contributed by atoms with Crippen molar-refractivity contribution in [2.75, 3.05) is 0 Å². The Bertz CT molecular complexity index is 658. The van der Waals surface area contributed by atoms with Gasteiger partial charge in [-0.25, -0.2) is 14.6 Å². The van der Waals surface area contributed by atoms with E-state index < -0.39 is 0 Å². The molecule has 0 saturated heterocycles. The fourth-order valence-electron chi connectivity index (χ4n) is 1.87. The molecule has 0 unspecified atom stereocenters. The Kier molecular flexibility index (Phi) is 2.61. The van der Waals surface area contributed by atoms with Crippen LogP contribution in [0.15, 0.2) is 55.0 Å². The van der Waals surface area contributed by atoms with Gasteiger partial charge in [-0.15, -0.1) is 0 Å². The van der Waals surface area contributed by atoms with Crippen LogP contribution >= 0.6 is 0 Å². The van der Waals surface area contributed by atoms with E-state index in [4.69, 9.17) is 0 Å². The first-order valence-corrected chi connectivity index (χ1v) is 5.73. The van der Waals surface area contributed by atoms with Gasteiger partial charge in [0.05, 0.1) is 11.9 Å². The second-order valence-corrected chi connectivity index (χ2v) is 4.01. The molecule has 18 heavy (non-hydrogen) atoms. The third-order valence-corrected chi connectivity index (χ3v) is 2.72. The van der Waals surface area contributed by atoms with Gasteiger partial charge < -0.3 is 0 Å². The van der Waals surface area contributed by atoms with Gasteiger partial charge in [0.15, 0.2) is 5.82 Å². The molecule has 0 fully saturated rings. The van der Waals surface area contributed by atoms with Gasteiger partial charge >= 0.3 is 0 Å². The van der Waals surface area contributed by atoms with Crippen LogP contribution in [0.4, 0.5) is 0 Å². The topological polar surface area (TPSA) is 43.6 Å². The number of aryl methyl sites for hydroxylation is 1. The van der Waals surface area contributed by atoms with E-state index in [-0.39, 0.29) is 0 Å². The zero-order valence-corrected chi connectivity index (χ0v) is 9.99. The van der Waals surface area contributed by atoms with Gasteiger partial charge in [0.2, 0.25) is 0 Å². The molecule has 0 aliphatic carbocycles. The van der Waals surface area contributed by atoms with Gasteiger partial charge in [-0.1, -0.05) is 30.3 Å². The molecule has 1 aromatic carbocycles. The standard InChI is InChI=1S/C14H12N4/c1-11-9-14(16-10-15-11)18-13(7-8-17-18)12-5-3-2-4-6-12/h2-10H,1H3. The Labute approximate surface area is 105 Å². The van der Waals surface area contributed by atoms with Crippen LogP contribution in [-0.4, -0.2) is 19.7 Å². The summed E-state index contributed by atoms with van der Waals surface area (Å²) in [5, 5.41) is 4.33. The summed E-state index contributed by atoms with van der Waals surface area (Å²) < 4.78 is 1.82. The summed E-state index contributed by atoms with van der Waals surface area (Å²) in [6.07, 6.45) is 3.33. The summed E-state index contributed by atoms with van der Waals surface area (Å²) in [6, 6.07) is 14.0. The zero-order valence-electron chi connectivity index (χ0n) is 9.99. The molecule has 0 aliphatic rings. The summed E-state index contributed by atoms with van der Waals surface area (Å²) in [7, 11) is 0. The Morgan fingerprint density at radius 3 is 2.61 bits per heavy atom. The number of hydrogen-bond acceptors (Lipinski definition) is 3. The maximum absolute atomic E-state index is 4.33. The molecule has 0 spiro atoms. The van der Waals surface area contributed by atoms with Crippen LogP contribution in [-0.2, 0) is 0 Å². The van der Waals surface area contributed by atoms with Gasteiger partial charge in [-0.05, 0) is 13.0 Å². The summed E-state index contributed by atoms with van der Waals surface area (Å²) >= 11 is 0. The summed E-state index contributed by atoms with van der Waals surface area (Å²) in [5.41, 5.74) is 3.06. The van der Waals surface area contributed by atoms with E-state index in [2.05, 4.69) is 27.2 Å².